The maximum atomic E-state index is 12.6. The van der Waals surface area contributed by atoms with Crippen LogP contribution >= 0.6 is 0 Å². The average molecular weight is 467 g/mol. The Balaban J connectivity index is 1.38. The third kappa shape index (κ3) is 4.88. The summed E-state index contributed by atoms with van der Waals surface area (Å²) in [6.07, 6.45) is 3.17. The Morgan fingerprint density at radius 3 is 2.26 bits per heavy atom. The van der Waals surface area contributed by atoms with Gasteiger partial charge in [0, 0.05) is 11.5 Å². The van der Waals surface area contributed by atoms with Gasteiger partial charge in [0.1, 0.15) is 12.4 Å². The van der Waals surface area contributed by atoms with Crippen molar-refractivity contribution in [3.63, 3.8) is 0 Å². The third-order valence-corrected chi connectivity index (χ3v) is 6.33. The minimum Gasteiger partial charge on any atom is -0.454 e. The van der Waals surface area contributed by atoms with Crippen LogP contribution in [0.15, 0.2) is 36.4 Å². The van der Waals surface area contributed by atoms with Crippen molar-refractivity contribution in [3.8, 4) is 5.69 Å². The third-order valence-electron chi connectivity index (χ3n) is 6.33. The first-order chi connectivity index (χ1) is 16.1. The second-order valence-electron chi connectivity index (χ2n) is 9.88. The number of amides is 3. The number of nitrogens with one attached hydrogen (secondary N) is 1. The predicted molar refractivity (Wildman–Crippen MR) is 124 cm³/mol. The first-order valence-corrected chi connectivity index (χ1v) is 11.6. The van der Waals surface area contributed by atoms with Gasteiger partial charge < -0.3 is 10.1 Å². The van der Waals surface area contributed by atoms with E-state index in [1.54, 1.807) is 10.7 Å². The van der Waals surface area contributed by atoms with Gasteiger partial charge in [0.2, 0.25) is 11.8 Å². The van der Waals surface area contributed by atoms with E-state index in [1.807, 2.05) is 51.1 Å². The monoisotopic (exact) mass is 466 g/mol. The Bertz CT molecular complexity index is 1080. The summed E-state index contributed by atoms with van der Waals surface area (Å²) < 4.78 is 6.71. The minimum atomic E-state index is -0.789. The van der Waals surface area contributed by atoms with E-state index in [0.717, 1.165) is 29.1 Å². The second-order valence-corrected chi connectivity index (χ2v) is 9.88. The van der Waals surface area contributed by atoms with Crippen LogP contribution in [0.3, 0.4) is 0 Å². The number of likely N-dealkylation sites (tertiary alicyclic amines) is 1. The molecule has 1 saturated carbocycles. The number of hydrogen-bond donors (Lipinski definition) is 1. The largest absolute Gasteiger partial charge is 0.454 e. The number of ether oxygens (including phenoxy) is 1. The van der Waals surface area contributed by atoms with Gasteiger partial charge >= 0.3 is 5.97 Å². The lowest BCUT2D eigenvalue weighted by Gasteiger charge is -2.19. The zero-order chi connectivity index (χ0) is 24.5. The lowest BCUT2D eigenvalue weighted by Crippen LogP contribution is -2.37. The highest BCUT2D eigenvalue weighted by Crippen LogP contribution is 2.37. The fraction of sp³-hybridized carbons (Fsp3) is 0.480. The van der Waals surface area contributed by atoms with E-state index in [2.05, 4.69) is 10.4 Å². The Morgan fingerprint density at radius 1 is 1.06 bits per heavy atom. The van der Waals surface area contributed by atoms with Crippen LogP contribution in [0.1, 0.15) is 52.1 Å². The van der Waals surface area contributed by atoms with Gasteiger partial charge in [-0.2, -0.15) is 5.10 Å². The van der Waals surface area contributed by atoms with Gasteiger partial charge in [-0.3, -0.25) is 24.1 Å². The molecule has 180 valence electrons. The van der Waals surface area contributed by atoms with E-state index in [0.29, 0.717) is 18.7 Å². The topological polar surface area (TPSA) is 111 Å². The van der Waals surface area contributed by atoms with E-state index in [-0.39, 0.29) is 29.1 Å². The van der Waals surface area contributed by atoms with Crippen molar-refractivity contribution in [2.45, 2.75) is 51.9 Å². The molecule has 0 spiro atoms. The normalized spacial score (nSPS) is 20.3. The number of esters is 1. The zero-order valence-corrected chi connectivity index (χ0v) is 19.7. The summed E-state index contributed by atoms with van der Waals surface area (Å²) >= 11 is 0. The summed E-state index contributed by atoms with van der Waals surface area (Å²) in [6.45, 7) is 5.07. The molecule has 0 unspecified atom stereocenters. The van der Waals surface area contributed by atoms with Gasteiger partial charge in [-0.25, -0.2) is 4.68 Å². The summed E-state index contributed by atoms with van der Waals surface area (Å²) in [5.41, 5.74) is 1.33. The molecule has 2 aromatic rings. The van der Waals surface area contributed by atoms with Crippen molar-refractivity contribution in [1.29, 1.82) is 0 Å². The summed E-state index contributed by atoms with van der Waals surface area (Å²) in [7, 11) is 0. The van der Waals surface area contributed by atoms with Gasteiger partial charge in [0.05, 0.1) is 23.2 Å². The molecule has 34 heavy (non-hydrogen) atoms. The Kier molecular flexibility index (Phi) is 6.54. The van der Waals surface area contributed by atoms with Crippen molar-refractivity contribution >= 4 is 29.5 Å². The number of nitrogens with zero attached hydrogens (tertiary/aromatic N) is 3. The molecule has 0 radical (unpaired) electrons. The van der Waals surface area contributed by atoms with Gasteiger partial charge in [0.15, 0.2) is 6.61 Å². The van der Waals surface area contributed by atoms with Crippen LogP contribution in [0.25, 0.3) is 5.69 Å². The summed E-state index contributed by atoms with van der Waals surface area (Å²) in [4.78, 5) is 50.9. The number of anilines is 1. The quantitative estimate of drug-likeness (QED) is 0.518. The highest BCUT2D eigenvalue weighted by Gasteiger charge is 2.48. The number of fused-ring (bicyclic) bond motifs is 1. The maximum absolute atomic E-state index is 12.6. The molecule has 9 heteroatoms. The van der Waals surface area contributed by atoms with Crippen molar-refractivity contribution in [3.05, 3.63) is 42.1 Å². The highest BCUT2D eigenvalue weighted by molar-refractivity contribution is 6.07. The van der Waals surface area contributed by atoms with Crippen molar-refractivity contribution in [2.24, 2.45) is 11.8 Å². The first-order valence-electron chi connectivity index (χ1n) is 11.6. The van der Waals surface area contributed by atoms with Crippen molar-refractivity contribution in [2.75, 3.05) is 18.5 Å². The van der Waals surface area contributed by atoms with Crippen LogP contribution in [0.4, 0.5) is 5.82 Å². The van der Waals surface area contributed by atoms with E-state index >= 15 is 0 Å². The number of aromatic nitrogens is 2. The number of imide groups is 1. The van der Waals surface area contributed by atoms with Crippen LogP contribution in [-0.2, 0) is 29.3 Å². The number of para-hydroxylation sites is 1. The molecule has 1 aliphatic carbocycles. The van der Waals surface area contributed by atoms with Crippen molar-refractivity contribution in [1.82, 2.24) is 14.7 Å². The molecule has 1 aromatic carbocycles. The van der Waals surface area contributed by atoms with Crippen LogP contribution in [0.5, 0.6) is 0 Å². The molecule has 2 heterocycles. The molecule has 3 amide bonds. The fourth-order valence-corrected chi connectivity index (χ4v) is 4.49. The van der Waals surface area contributed by atoms with E-state index in [4.69, 9.17) is 4.74 Å². The Morgan fingerprint density at radius 2 is 1.68 bits per heavy atom. The van der Waals surface area contributed by atoms with Crippen LogP contribution in [0, 0.1) is 11.8 Å². The molecule has 4 rings (SSSR count). The standard InChI is InChI=1S/C25H30N4O5/c1-25(2,3)19-13-20(29(27-19)16-9-5-4-6-10-16)26-21(30)15-34-22(31)14-28-23(32)17-11-7-8-12-18(17)24(28)33/h4-6,9-10,13,17-18H,7-8,11-12,14-15H2,1-3H3,(H,26,30)/t17-,18-/m1/s1. The summed E-state index contributed by atoms with van der Waals surface area (Å²) in [6, 6.07) is 11.2. The van der Waals surface area contributed by atoms with E-state index in [9.17, 15) is 19.2 Å². The second kappa shape index (κ2) is 9.40. The number of carbonyl (C=O) groups is 4. The lowest BCUT2D eigenvalue weighted by atomic mass is 9.81. The molecule has 2 aliphatic rings. The molecule has 2 fully saturated rings. The maximum Gasteiger partial charge on any atom is 0.326 e. The van der Waals surface area contributed by atoms with Gasteiger partial charge in [-0.05, 0) is 25.0 Å². The molecule has 1 aromatic heterocycles. The van der Waals surface area contributed by atoms with Crippen LogP contribution < -0.4 is 5.32 Å². The Hall–Kier alpha value is -3.49. The first kappa shape index (κ1) is 23.7. The van der Waals surface area contributed by atoms with E-state index < -0.39 is 25.0 Å². The highest BCUT2D eigenvalue weighted by atomic mass is 16.5. The minimum absolute atomic E-state index is 0.238. The Labute approximate surface area is 198 Å². The average Bonchev–Trinajstić information content (AvgIpc) is 3.34. The van der Waals surface area contributed by atoms with E-state index in [1.165, 1.54) is 0 Å². The van der Waals surface area contributed by atoms with Crippen LogP contribution in [0.2, 0.25) is 0 Å². The molecule has 1 N–H and O–H groups in total. The summed E-state index contributed by atoms with van der Waals surface area (Å²) in [5.74, 6) is -2.15. The molecule has 1 aliphatic heterocycles. The molecule has 0 bridgehead atoms. The van der Waals surface area contributed by atoms with Gasteiger partial charge in [-0.1, -0.05) is 51.8 Å². The SMILES string of the molecule is CC(C)(C)c1cc(NC(=O)COC(=O)CN2C(=O)[C@@H]3CCCC[C@H]3C2=O)n(-c2ccccc2)n1. The molecule has 2 atom stereocenters. The lowest BCUT2D eigenvalue weighted by molar-refractivity contribution is -0.154. The number of rotatable bonds is 6. The number of hydrogen-bond acceptors (Lipinski definition) is 6. The smallest absolute Gasteiger partial charge is 0.326 e. The fourth-order valence-electron chi connectivity index (χ4n) is 4.49. The summed E-state index contributed by atoms with van der Waals surface area (Å²) in [5, 5.41) is 7.38. The molecule has 1 saturated heterocycles. The number of carbonyl (C=O) groups excluding carboxylic acids is 4. The van der Waals surface area contributed by atoms with Crippen LogP contribution in [-0.4, -0.2) is 51.5 Å². The molecular weight excluding hydrogens is 436 g/mol. The predicted octanol–water partition coefficient (Wildman–Crippen LogP) is 2.83. The van der Waals surface area contributed by atoms with Gasteiger partial charge in [0.25, 0.3) is 5.91 Å². The zero-order valence-electron chi connectivity index (χ0n) is 19.7. The molecular formula is C25H30N4O5. The van der Waals surface area contributed by atoms with Gasteiger partial charge in [-0.15, -0.1) is 0 Å². The number of benzene rings is 1. The van der Waals surface area contributed by atoms with Crippen molar-refractivity contribution < 1.29 is 23.9 Å². The molecule has 9 nitrogen and oxygen atoms in total.